The molecule has 0 saturated carbocycles. The number of ether oxygens (including phenoxy) is 2. The van der Waals surface area contributed by atoms with Crippen LogP contribution in [0.4, 0.5) is 0 Å². The zero-order chi connectivity index (χ0) is 15.2. The van der Waals surface area contributed by atoms with Gasteiger partial charge in [0.2, 0.25) is 0 Å². The lowest BCUT2D eigenvalue weighted by Gasteiger charge is -2.08. The van der Waals surface area contributed by atoms with Crippen molar-refractivity contribution in [1.29, 1.82) is 0 Å². The summed E-state index contributed by atoms with van der Waals surface area (Å²) in [5, 5.41) is 3.94. The number of carbonyl (C=O) groups excluding carboxylic acids is 1. The van der Waals surface area contributed by atoms with Crippen LogP contribution >= 0.6 is 11.3 Å². The Kier molecular flexibility index (Phi) is 4.94. The first-order chi connectivity index (χ1) is 10.1. The number of methoxy groups -OCH3 is 2. The lowest BCUT2D eigenvalue weighted by atomic mass is 10.2. The van der Waals surface area contributed by atoms with Crippen LogP contribution in [0, 0.1) is 6.92 Å². The Hall–Kier alpha value is -2.34. The van der Waals surface area contributed by atoms with Crippen LogP contribution in [0.1, 0.15) is 20.1 Å². The standard InChI is InChI=1S/C15H16N2O3S/c1-10-4-6-12(21-10)9-16-17-15(18)11-5-7-13(19-2)14(8-11)20-3/h4-9H,1-3H3,(H,17,18). The molecular weight excluding hydrogens is 288 g/mol. The van der Waals surface area contributed by atoms with Crippen molar-refractivity contribution < 1.29 is 14.3 Å². The van der Waals surface area contributed by atoms with Crippen LogP contribution in [0.2, 0.25) is 0 Å². The number of aryl methyl sites for hydroxylation is 1. The van der Waals surface area contributed by atoms with Gasteiger partial charge in [0.15, 0.2) is 11.5 Å². The van der Waals surface area contributed by atoms with E-state index in [0.29, 0.717) is 17.1 Å². The summed E-state index contributed by atoms with van der Waals surface area (Å²) in [6.07, 6.45) is 1.62. The van der Waals surface area contributed by atoms with Crippen LogP contribution in [0.3, 0.4) is 0 Å². The second kappa shape index (κ2) is 6.90. The van der Waals surface area contributed by atoms with Gasteiger partial charge in [-0.3, -0.25) is 4.79 Å². The van der Waals surface area contributed by atoms with Gasteiger partial charge in [-0.25, -0.2) is 5.43 Å². The lowest BCUT2D eigenvalue weighted by molar-refractivity contribution is 0.0954. The molecular formula is C15H16N2O3S. The minimum absolute atomic E-state index is 0.305. The predicted octanol–water partition coefficient (Wildman–Crippen LogP) is 2.84. The van der Waals surface area contributed by atoms with E-state index >= 15 is 0 Å². The minimum Gasteiger partial charge on any atom is -0.493 e. The molecule has 1 aromatic carbocycles. The molecule has 1 aromatic heterocycles. The Bertz CT molecular complexity index is 665. The van der Waals surface area contributed by atoms with Crippen LogP contribution in [-0.4, -0.2) is 26.3 Å². The summed E-state index contributed by atoms with van der Waals surface area (Å²) in [4.78, 5) is 14.2. The van der Waals surface area contributed by atoms with Gasteiger partial charge in [-0.15, -0.1) is 11.3 Å². The van der Waals surface area contributed by atoms with Gasteiger partial charge < -0.3 is 9.47 Å². The Morgan fingerprint density at radius 1 is 1.19 bits per heavy atom. The van der Waals surface area contributed by atoms with E-state index in [1.54, 1.807) is 42.9 Å². The van der Waals surface area contributed by atoms with Gasteiger partial charge in [-0.2, -0.15) is 5.10 Å². The highest BCUT2D eigenvalue weighted by molar-refractivity contribution is 7.13. The van der Waals surface area contributed by atoms with E-state index in [9.17, 15) is 4.79 Å². The third-order valence-corrected chi connectivity index (χ3v) is 3.70. The summed E-state index contributed by atoms with van der Waals surface area (Å²) < 4.78 is 10.3. The van der Waals surface area contributed by atoms with E-state index in [4.69, 9.17) is 9.47 Å². The molecule has 0 saturated heterocycles. The molecule has 2 aromatic rings. The second-order valence-electron chi connectivity index (χ2n) is 4.22. The van der Waals surface area contributed by atoms with Crippen molar-refractivity contribution in [3.63, 3.8) is 0 Å². The highest BCUT2D eigenvalue weighted by Crippen LogP contribution is 2.27. The fraction of sp³-hybridized carbons (Fsp3) is 0.200. The van der Waals surface area contributed by atoms with Gasteiger partial charge in [0.25, 0.3) is 5.91 Å². The smallest absolute Gasteiger partial charge is 0.271 e. The first-order valence-corrected chi connectivity index (χ1v) is 7.07. The van der Waals surface area contributed by atoms with Crippen molar-refractivity contribution in [3.8, 4) is 11.5 Å². The molecule has 1 N–H and O–H groups in total. The van der Waals surface area contributed by atoms with Gasteiger partial charge in [0.1, 0.15) is 0 Å². The van der Waals surface area contributed by atoms with Crippen LogP contribution in [0.5, 0.6) is 11.5 Å². The van der Waals surface area contributed by atoms with E-state index in [1.807, 2.05) is 19.1 Å². The Labute approximate surface area is 127 Å². The van der Waals surface area contributed by atoms with Crippen molar-refractivity contribution in [1.82, 2.24) is 5.43 Å². The molecule has 0 spiro atoms. The molecule has 0 aliphatic heterocycles. The average Bonchev–Trinajstić information content (AvgIpc) is 2.91. The number of amides is 1. The Morgan fingerprint density at radius 2 is 1.95 bits per heavy atom. The summed E-state index contributed by atoms with van der Waals surface area (Å²) in [5.74, 6) is 0.773. The fourth-order valence-corrected chi connectivity index (χ4v) is 2.47. The minimum atomic E-state index is -0.305. The molecule has 0 radical (unpaired) electrons. The number of benzene rings is 1. The zero-order valence-corrected chi connectivity index (χ0v) is 12.9. The highest BCUT2D eigenvalue weighted by Gasteiger charge is 2.09. The van der Waals surface area contributed by atoms with E-state index in [1.165, 1.54) is 12.0 Å². The molecule has 1 amide bonds. The largest absolute Gasteiger partial charge is 0.493 e. The summed E-state index contributed by atoms with van der Waals surface area (Å²) in [5.41, 5.74) is 2.94. The van der Waals surface area contributed by atoms with Crippen LogP contribution in [0.25, 0.3) is 0 Å². The van der Waals surface area contributed by atoms with Crippen molar-refractivity contribution in [3.05, 3.63) is 45.6 Å². The number of hydrazone groups is 1. The second-order valence-corrected chi connectivity index (χ2v) is 5.54. The van der Waals surface area contributed by atoms with Crippen molar-refractivity contribution in [2.75, 3.05) is 14.2 Å². The molecule has 6 heteroatoms. The third kappa shape index (κ3) is 3.82. The summed E-state index contributed by atoms with van der Waals surface area (Å²) in [6, 6.07) is 8.90. The van der Waals surface area contributed by atoms with E-state index < -0.39 is 0 Å². The number of nitrogens with one attached hydrogen (secondary N) is 1. The number of nitrogens with zero attached hydrogens (tertiary/aromatic N) is 1. The average molecular weight is 304 g/mol. The van der Waals surface area contributed by atoms with Crippen molar-refractivity contribution in [2.24, 2.45) is 5.10 Å². The normalized spacial score (nSPS) is 10.6. The maximum Gasteiger partial charge on any atom is 0.271 e. The predicted molar refractivity (Wildman–Crippen MR) is 83.7 cm³/mol. The van der Waals surface area contributed by atoms with E-state index in [-0.39, 0.29) is 5.91 Å². The maximum absolute atomic E-state index is 12.0. The fourth-order valence-electron chi connectivity index (χ4n) is 1.72. The molecule has 0 fully saturated rings. The molecule has 0 bridgehead atoms. The van der Waals surface area contributed by atoms with E-state index in [2.05, 4.69) is 10.5 Å². The maximum atomic E-state index is 12.0. The molecule has 5 nitrogen and oxygen atoms in total. The monoisotopic (exact) mass is 304 g/mol. The van der Waals surface area contributed by atoms with E-state index in [0.717, 1.165) is 4.88 Å². The molecule has 2 rings (SSSR count). The number of carbonyl (C=O) groups is 1. The van der Waals surface area contributed by atoms with Gasteiger partial charge >= 0.3 is 0 Å². The van der Waals surface area contributed by atoms with Crippen molar-refractivity contribution >= 4 is 23.5 Å². The quantitative estimate of drug-likeness (QED) is 0.682. The summed E-state index contributed by atoms with van der Waals surface area (Å²) in [7, 11) is 3.07. The third-order valence-electron chi connectivity index (χ3n) is 2.76. The number of thiophene rings is 1. The Morgan fingerprint density at radius 3 is 2.57 bits per heavy atom. The lowest BCUT2D eigenvalue weighted by Crippen LogP contribution is -2.17. The van der Waals surface area contributed by atoms with Gasteiger partial charge in [0, 0.05) is 15.3 Å². The number of hydrogen-bond donors (Lipinski definition) is 1. The van der Waals surface area contributed by atoms with Gasteiger partial charge in [0.05, 0.1) is 20.4 Å². The molecule has 21 heavy (non-hydrogen) atoms. The van der Waals surface area contributed by atoms with Crippen LogP contribution in [0.15, 0.2) is 35.4 Å². The molecule has 110 valence electrons. The zero-order valence-electron chi connectivity index (χ0n) is 12.0. The van der Waals surface area contributed by atoms with Crippen molar-refractivity contribution in [2.45, 2.75) is 6.92 Å². The van der Waals surface area contributed by atoms with Gasteiger partial charge in [-0.1, -0.05) is 0 Å². The first kappa shape index (κ1) is 15.1. The Balaban J connectivity index is 2.05. The van der Waals surface area contributed by atoms with Crippen LogP contribution in [-0.2, 0) is 0 Å². The first-order valence-electron chi connectivity index (χ1n) is 6.26. The number of hydrogen-bond acceptors (Lipinski definition) is 5. The molecule has 1 heterocycles. The molecule has 0 atom stereocenters. The van der Waals surface area contributed by atoms with Crippen LogP contribution < -0.4 is 14.9 Å². The topological polar surface area (TPSA) is 59.9 Å². The SMILES string of the molecule is COc1ccc(C(=O)NN=Cc2ccc(C)s2)cc1OC. The summed E-state index contributed by atoms with van der Waals surface area (Å²) >= 11 is 1.61. The molecule has 0 aliphatic carbocycles. The highest BCUT2D eigenvalue weighted by atomic mass is 32.1. The molecule has 0 aliphatic rings. The summed E-state index contributed by atoms with van der Waals surface area (Å²) in [6.45, 7) is 2.02. The number of rotatable bonds is 5. The molecule has 0 unspecified atom stereocenters. The van der Waals surface area contributed by atoms with Gasteiger partial charge in [-0.05, 0) is 37.3 Å².